The summed E-state index contributed by atoms with van der Waals surface area (Å²) in [4.78, 5) is 2.33. The zero-order chi connectivity index (χ0) is 28.8. The number of nitrogens with zero attached hydrogens (tertiary/aromatic N) is 1. The first kappa shape index (κ1) is 24.3. The SMILES string of the molecule is c1ccc(N(c2ccc3c(c2)oc2ccc4c5ccc6ccccc6c5sc4c23)c2ccc3c(c2)sc2ccccc23)cc1. The lowest BCUT2D eigenvalue weighted by molar-refractivity contribution is 0.669. The second-order valence-corrected chi connectivity index (χ2v) is 13.4. The molecule has 7 aromatic carbocycles. The second kappa shape index (κ2) is 9.17. The molecule has 10 aromatic rings. The van der Waals surface area contributed by atoms with Gasteiger partial charge in [-0.25, -0.2) is 0 Å². The summed E-state index contributed by atoms with van der Waals surface area (Å²) in [5.74, 6) is 0. The Morgan fingerprint density at radius 2 is 1.09 bits per heavy atom. The van der Waals surface area contributed by atoms with Gasteiger partial charge in [0.15, 0.2) is 0 Å². The number of benzene rings is 7. The van der Waals surface area contributed by atoms with Crippen LogP contribution in [0.15, 0.2) is 144 Å². The van der Waals surface area contributed by atoms with Gasteiger partial charge in [0.25, 0.3) is 0 Å². The third-order valence-corrected chi connectivity index (χ3v) is 11.2. The highest BCUT2D eigenvalue weighted by Gasteiger charge is 2.19. The van der Waals surface area contributed by atoms with Gasteiger partial charge in [0.2, 0.25) is 0 Å². The largest absolute Gasteiger partial charge is 0.456 e. The second-order valence-electron chi connectivity index (χ2n) is 11.3. The first-order valence-corrected chi connectivity index (χ1v) is 16.4. The summed E-state index contributed by atoms with van der Waals surface area (Å²) in [5, 5.41) is 10.2. The van der Waals surface area contributed by atoms with Gasteiger partial charge in [0, 0.05) is 74.2 Å². The van der Waals surface area contributed by atoms with Gasteiger partial charge >= 0.3 is 0 Å². The summed E-state index contributed by atoms with van der Waals surface area (Å²) in [6.07, 6.45) is 0. The van der Waals surface area contributed by atoms with E-state index in [0.717, 1.165) is 33.6 Å². The normalized spacial score (nSPS) is 12.1. The van der Waals surface area contributed by atoms with Gasteiger partial charge in [-0.15, -0.1) is 22.7 Å². The predicted octanol–water partition coefficient (Wildman–Crippen LogP) is 12.9. The topological polar surface area (TPSA) is 16.4 Å². The fourth-order valence-electron chi connectivity index (χ4n) is 6.83. The van der Waals surface area contributed by atoms with Crippen molar-refractivity contribution < 1.29 is 4.42 Å². The number of anilines is 3. The number of hydrogen-bond acceptors (Lipinski definition) is 4. The van der Waals surface area contributed by atoms with Gasteiger partial charge in [-0.3, -0.25) is 0 Å². The van der Waals surface area contributed by atoms with Crippen molar-refractivity contribution in [3.63, 3.8) is 0 Å². The van der Waals surface area contributed by atoms with E-state index in [1.165, 1.54) is 56.5 Å². The Balaban J connectivity index is 1.19. The van der Waals surface area contributed by atoms with E-state index >= 15 is 0 Å². The van der Waals surface area contributed by atoms with Crippen LogP contribution in [0.3, 0.4) is 0 Å². The Morgan fingerprint density at radius 3 is 2.00 bits per heavy atom. The summed E-state index contributed by atoms with van der Waals surface area (Å²) in [6, 6.07) is 50.3. The molecule has 0 aliphatic carbocycles. The van der Waals surface area contributed by atoms with Crippen LogP contribution in [0.5, 0.6) is 0 Å². The fourth-order valence-corrected chi connectivity index (χ4v) is 9.36. The van der Waals surface area contributed by atoms with Crippen LogP contribution < -0.4 is 4.90 Å². The summed E-state index contributed by atoms with van der Waals surface area (Å²) in [5.41, 5.74) is 5.14. The van der Waals surface area contributed by atoms with Crippen LogP contribution in [-0.4, -0.2) is 0 Å². The molecule has 44 heavy (non-hydrogen) atoms. The molecule has 0 amide bonds. The van der Waals surface area contributed by atoms with Crippen LogP contribution in [0.4, 0.5) is 17.1 Å². The average Bonchev–Trinajstić information content (AvgIpc) is 3.76. The Bertz CT molecular complexity index is 2730. The van der Waals surface area contributed by atoms with Crippen molar-refractivity contribution in [3.8, 4) is 0 Å². The molecule has 0 radical (unpaired) electrons. The van der Waals surface area contributed by atoms with Crippen molar-refractivity contribution in [1.82, 2.24) is 0 Å². The van der Waals surface area contributed by atoms with E-state index in [0.29, 0.717) is 0 Å². The molecule has 0 fully saturated rings. The van der Waals surface area contributed by atoms with Crippen LogP contribution in [0.1, 0.15) is 0 Å². The van der Waals surface area contributed by atoms with E-state index < -0.39 is 0 Å². The first-order valence-electron chi connectivity index (χ1n) is 14.8. The van der Waals surface area contributed by atoms with Crippen molar-refractivity contribution in [2.75, 3.05) is 4.90 Å². The van der Waals surface area contributed by atoms with Crippen molar-refractivity contribution in [2.45, 2.75) is 0 Å². The minimum absolute atomic E-state index is 0.899. The molecule has 0 saturated carbocycles. The number of thiophene rings is 2. The lowest BCUT2D eigenvalue weighted by atomic mass is 10.0. The highest BCUT2D eigenvalue weighted by molar-refractivity contribution is 7.27. The molecule has 0 atom stereocenters. The minimum Gasteiger partial charge on any atom is -0.456 e. The number of furan rings is 1. The van der Waals surface area contributed by atoms with Crippen molar-refractivity contribution in [2.24, 2.45) is 0 Å². The van der Waals surface area contributed by atoms with Crippen LogP contribution in [-0.2, 0) is 0 Å². The van der Waals surface area contributed by atoms with E-state index in [-0.39, 0.29) is 0 Å². The first-order chi connectivity index (χ1) is 21.8. The number of para-hydroxylation sites is 1. The number of hydrogen-bond donors (Lipinski definition) is 0. The van der Waals surface area contributed by atoms with Crippen molar-refractivity contribution in [3.05, 3.63) is 140 Å². The van der Waals surface area contributed by atoms with Gasteiger partial charge in [-0.2, -0.15) is 0 Å². The lowest BCUT2D eigenvalue weighted by Crippen LogP contribution is -2.09. The Hall–Kier alpha value is -5.16. The van der Waals surface area contributed by atoms with E-state index in [1.807, 2.05) is 22.7 Å². The molecule has 0 saturated heterocycles. The Morgan fingerprint density at radius 1 is 0.409 bits per heavy atom. The molecular weight excluding hydrogens is 575 g/mol. The molecule has 4 heteroatoms. The summed E-state index contributed by atoms with van der Waals surface area (Å²) < 4.78 is 11.8. The highest BCUT2D eigenvalue weighted by Crippen LogP contribution is 2.46. The molecule has 3 heterocycles. The van der Waals surface area contributed by atoms with E-state index in [4.69, 9.17) is 4.42 Å². The molecule has 10 rings (SSSR count). The smallest absolute Gasteiger partial charge is 0.137 e. The quantitative estimate of drug-likeness (QED) is 0.201. The molecular formula is C40H23NOS2. The highest BCUT2D eigenvalue weighted by atomic mass is 32.1. The van der Waals surface area contributed by atoms with Gasteiger partial charge < -0.3 is 9.32 Å². The molecule has 0 spiro atoms. The summed E-state index contributed by atoms with van der Waals surface area (Å²) in [7, 11) is 0. The standard InChI is InChI=1S/C40H23NOS2/c1-2-9-25(10-3-1)41(27-15-18-30-29-12-6-7-13-36(29)43-37(30)23-27)26-16-19-33-35(22-26)42-34-21-20-32-31-17-14-24-8-4-5-11-28(24)39(31)44-40(32)38(33)34/h1-23H. The Kier molecular flexibility index (Phi) is 5.06. The third-order valence-electron chi connectivity index (χ3n) is 8.84. The zero-order valence-corrected chi connectivity index (χ0v) is 25.1. The molecule has 0 aliphatic heterocycles. The lowest BCUT2D eigenvalue weighted by Gasteiger charge is -2.25. The average molecular weight is 598 g/mol. The van der Waals surface area contributed by atoms with E-state index in [2.05, 4.69) is 144 Å². The van der Waals surface area contributed by atoms with Crippen molar-refractivity contribution in [1.29, 1.82) is 0 Å². The third kappa shape index (κ3) is 3.47. The Labute approximate surface area is 260 Å². The molecule has 0 N–H and O–H groups in total. The number of rotatable bonds is 3. The zero-order valence-electron chi connectivity index (χ0n) is 23.5. The molecule has 0 unspecified atom stereocenters. The van der Waals surface area contributed by atoms with Crippen LogP contribution in [0.25, 0.3) is 73.1 Å². The summed E-state index contributed by atoms with van der Waals surface area (Å²) >= 11 is 3.73. The van der Waals surface area contributed by atoms with E-state index in [9.17, 15) is 0 Å². The molecule has 206 valence electrons. The summed E-state index contributed by atoms with van der Waals surface area (Å²) in [6.45, 7) is 0. The fraction of sp³-hybridized carbons (Fsp3) is 0. The minimum atomic E-state index is 0.899. The monoisotopic (exact) mass is 597 g/mol. The maximum absolute atomic E-state index is 6.60. The molecule has 2 nitrogen and oxygen atoms in total. The van der Waals surface area contributed by atoms with Crippen molar-refractivity contribution >= 4 is 113 Å². The molecule has 3 aromatic heterocycles. The van der Waals surface area contributed by atoms with Gasteiger partial charge in [0.1, 0.15) is 11.2 Å². The maximum Gasteiger partial charge on any atom is 0.137 e. The number of fused-ring (bicyclic) bond motifs is 12. The van der Waals surface area contributed by atoms with Crippen LogP contribution >= 0.6 is 22.7 Å². The van der Waals surface area contributed by atoms with Crippen LogP contribution in [0.2, 0.25) is 0 Å². The van der Waals surface area contributed by atoms with Gasteiger partial charge in [-0.1, -0.05) is 78.9 Å². The van der Waals surface area contributed by atoms with Gasteiger partial charge in [-0.05, 0) is 65.4 Å². The maximum atomic E-state index is 6.60. The molecule has 0 aliphatic rings. The predicted molar refractivity (Wildman–Crippen MR) is 192 cm³/mol. The molecule has 0 bridgehead atoms. The van der Waals surface area contributed by atoms with Crippen LogP contribution in [0, 0.1) is 0 Å². The van der Waals surface area contributed by atoms with Gasteiger partial charge in [0.05, 0.1) is 0 Å². The van der Waals surface area contributed by atoms with E-state index in [1.54, 1.807) is 0 Å².